The molecule has 90 valence electrons. The zero-order valence-electron chi connectivity index (χ0n) is 9.95. The van der Waals surface area contributed by atoms with Gasteiger partial charge in [0.2, 0.25) is 0 Å². The van der Waals surface area contributed by atoms with E-state index in [1.54, 1.807) is 6.07 Å². The Labute approximate surface area is 106 Å². The van der Waals surface area contributed by atoms with E-state index in [1.807, 2.05) is 13.0 Å². The number of hydrogen-bond acceptors (Lipinski definition) is 3. The molecule has 1 aromatic rings. The predicted octanol–water partition coefficient (Wildman–Crippen LogP) is 2.29. The van der Waals surface area contributed by atoms with Crippen molar-refractivity contribution in [3.8, 4) is 0 Å². The number of thiocarbonyl (C=S) groups is 1. The summed E-state index contributed by atoms with van der Waals surface area (Å²) in [6.45, 7) is 1.87. The Morgan fingerprint density at radius 2 is 2.12 bits per heavy atom. The fourth-order valence-electron chi connectivity index (χ4n) is 2.13. The summed E-state index contributed by atoms with van der Waals surface area (Å²) in [7, 11) is 1.37. The Hall–Kier alpha value is -1.42. The monoisotopic (exact) mass is 249 g/mol. The van der Waals surface area contributed by atoms with Crippen LogP contribution in [0.25, 0.3) is 0 Å². The van der Waals surface area contributed by atoms with Crippen LogP contribution in [0.5, 0.6) is 0 Å². The lowest BCUT2D eigenvalue weighted by molar-refractivity contribution is 0.0600. The standard InChI is InChI=1S/C13H15NO2S/c1-7-9(13(15)16-2)5-6-10(8-3-4-8)11(7)12(14)17/h5-6,8H,3-4H2,1-2H3,(H2,14,17). The van der Waals surface area contributed by atoms with Crippen molar-refractivity contribution in [1.82, 2.24) is 0 Å². The maximum absolute atomic E-state index is 11.6. The van der Waals surface area contributed by atoms with E-state index in [2.05, 4.69) is 0 Å². The lowest BCUT2D eigenvalue weighted by Gasteiger charge is -2.14. The predicted molar refractivity (Wildman–Crippen MR) is 70.4 cm³/mol. The third kappa shape index (κ3) is 2.17. The molecule has 0 radical (unpaired) electrons. The van der Waals surface area contributed by atoms with Gasteiger partial charge in [-0.3, -0.25) is 0 Å². The molecule has 1 aliphatic carbocycles. The third-order valence-electron chi connectivity index (χ3n) is 3.17. The van der Waals surface area contributed by atoms with Crippen molar-refractivity contribution in [2.45, 2.75) is 25.7 Å². The average Bonchev–Trinajstić information content (AvgIpc) is 3.10. The molecule has 1 saturated carbocycles. The summed E-state index contributed by atoms with van der Waals surface area (Å²) < 4.78 is 4.74. The van der Waals surface area contributed by atoms with Gasteiger partial charge in [-0.2, -0.15) is 0 Å². The molecule has 17 heavy (non-hydrogen) atoms. The summed E-state index contributed by atoms with van der Waals surface area (Å²) in [6, 6.07) is 3.75. The van der Waals surface area contributed by atoms with E-state index >= 15 is 0 Å². The fraction of sp³-hybridized carbons (Fsp3) is 0.385. The average molecular weight is 249 g/mol. The minimum Gasteiger partial charge on any atom is -0.465 e. The molecule has 0 heterocycles. The van der Waals surface area contributed by atoms with E-state index in [0.717, 1.165) is 11.1 Å². The van der Waals surface area contributed by atoms with Crippen molar-refractivity contribution >= 4 is 23.2 Å². The molecule has 1 aromatic carbocycles. The Morgan fingerprint density at radius 1 is 1.47 bits per heavy atom. The first-order valence-electron chi connectivity index (χ1n) is 5.58. The second-order valence-electron chi connectivity index (χ2n) is 4.33. The minimum atomic E-state index is -0.345. The van der Waals surface area contributed by atoms with Gasteiger partial charge in [0.25, 0.3) is 0 Å². The number of methoxy groups -OCH3 is 1. The van der Waals surface area contributed by atoms with Crippen molar-refractivity contribution in [1.29, 1.82) is 0 Å². The molecule has 2 rings (SSSR count). The van der Waals surface area contributed by atoms with E-state index < -0.39 is 0 Å². The number of carbonyl (C=O) groups is 1. The molecule has 0 atom stereocenters. The number of rotatable bonds is 3. The van der Waals surface area contributed by atoms with Gasteiger partial charge >= 0.3 is 5.97 Å². The molecular formula is C13H15NO2S. The summed E-state index contributed by atoms with van der Waals surface area (Å²) in [5.74, 6) is 0.208. The van der Waals surface area contributed by atoms with E-state index in [-0.39, 0.29) is 5.97 Å². The Morgan fingerprint density at radius 3 is 2.59 bits per heavy atom. The third-order valence-corrected chi connectivity index (χ3v) is 3.37. The number of nitrogens with two attached hydrogens (primary N) is 1. The highest BCUT2D eigenvalue weighted by Gasteiger charge is 2.28. The molecule has 0 aromatic heterocycles. The van der Waals surface area contributed by atoms with Gasteiger partial charge in [0, 0.05) is 5.56 Å². The van der Waals surface area contributed by atoms with Crippen molar-refractivity contribution < 1.29 is 9.53 Å². The fourth-order valence-corrected chi connectivity index (χ4v) is 2.40. The molecule has 2 N–H and O–H groups in total. The van der Waals surface area contributed by atoms with Crippen molar-refractivity contribution in [2.24, 2.45) is 5.73 Å². The topological polar surface area (TPSA) is 52.3 Å². The van der Waals surface area contributed by atoms with Gasteiger partial charge in [-0.15, -0.1) is 0 Å². The molecule has 0 spiro atoms. The SMILES string of the molecule is COC(=O)c1ccc(C2CC2)c(C(N)=S)c1C. The van der Waals surface area contributed by atoms with Crippen LogP contribution in [0, 0.1) is 6.92 Å². The van der Waals surface area contributed by atoms with Gasteiger partial charge in [0.05, 0.1) is 12.7 Å². The van der Waals surface area contributed by atoms with Gasteiger partial charge in [0.15, 0.2) is 0 Å². The van der Waals surface area contributed by atoms with Crippen LogP contribution in [0.4, 0.5) is 0 Å². The van der Waals surface area contributed by atoms with Gasteiger partial charge in [-0.05, 0) is 42.9 Å². The lowest BCUT2D eigenvalue weighted by atomic mass is 9.94. The summed E-state index contributed by atoms with van der Waals surface area (Å²) in [6.07, 6.45) is 2.35. The van der Waals surface area contributed by atoms with Gasteiger partial charge in [-0.25, -0.2) is 4.79 Å². The normalized spacial score (nSPS) is 14.5. The lowest BCUT2D eigenvalue weighted by Crippen LogP contribution is -2.17. The quantitative estimate of drug-likeness (QED) is 0.659. The van der Waals surface area contributed by atoms with E-state index in [9.17, 15) is 4.79 Å². The molecule has 0 aliphatic heterocycles. The maximum Gasteiger partial charge on any atom is 0.338 e. The number of esters is 1. The molecule has 1 aliphatic rings. The molecule has 1 fully saturated rings. The molecule has 3 nitrogen and oxygen atoms in total. The van der Waals surface area contributed by atoms with Crippen LogP contribution in [0.15, 0.2) is 12.1 Å². The maximum atomic E-state index is 11.6. The molecule has 0 saturated heterocycles. The molecule has 0 amide bonds. The van der Waals surface area contributed by atoms with Gasteiger partial charge in [-0.1, -0.05) is 18.3 Å². The second kappa shape index (κ2) is 4.45. The van der Waals surface area contributed by atoms with Crippen LogP contribution in [-0.4, -0.2) is 18.1 Å². The van der Waals surface area contributed by atoms with E-state index in [0.29, 0.717) is 16.5 Å². The second-order valence-corrected chi connectivity index (χ2v) is 4.77. The minimum absolute atomic E-state index is 0.345. The van der Waals surface area contributed by atoms with Crippen LogP contribution >= 0.6 is 12.2 Å². The van der Waals surface area contributed by atoms with Crippen molar-refractivity contribution in [2.75, 3.05) is 7.11 Å². The Kier molecular flexibility index (Phi) is 3.15. The van der Waals surface area contributed by atoms with Crippen LogP contribution < -0.4 is 5.73 Å². The highest BCUT2D eigenvalue weighted by atomic mass is 32.1. The number of ether oxygens (including phenoxy) is 1. The summed E-state index contributed by atoms with van der Waals surface area (Å²) in [5, 5.41) is 0. The largest absolute Gasteiger partial charge is 0.465 e. The van der Waals surface area contributed by atoms with E-state index in [4.69, 9.17) is 22.7 Å². The summed E-state index contributed by atoms with van der Waals surface area (Å²) in [4.78, 5) is 12.0. The number of carbonyl (C=O) groups excluding carboxylic acids is 1. The summed E-state index contributed by atoms with van der Waals surface area (Å²) in [5.41, 5.74) is 9.16. The number of benzene rings is 1. The zero-order valence-corrected chi connectivity index (χ0v) is 10.8. The molecule has 4 heteroatoms. The first-order chi connectivity index (χ1) is 8.06. The van der Waals surface area contributed by atoms with Crippen LogP contribution in [0.2, 0.25) is 0 Å². The van der Waals surface area contributed by atoms with Gasteiger partial charge < -0.3 is 10.5 Å². The van der Waals surface area contributed by atoms with Crippen molar-refractivity contribution in [3.05, 3.63) is 34.4 Å². The first-order valence-corrected chi connectivity index (χ1v) is 5.98. The molecular weight excluding hydrogens is 234 g/mol. The van der Waals surface area contributed by atoms with Crippen LogP contribution in [-0.2, 0) is 4.74 Å². The highest BCUT2D eigenvalue weighted by Crippen LogP contribution is 2.42. The highest BCUT2D eigenvalue weighted by molar-refractivity contribution is 7.80. The smallest absolute Gasteiger partial charge is 0.338 e. The Balaban J connectivity index is 2.57. The summed E-state index contributed by atoms with van der Waals surface area (Å²) >= 11 is 5.09. The van der Waals surface area contributed by atoms with Crippen LogP contribution in [0.3, 0.4) is 0 Å². The van der Waals surface area contributed by atoms with Gasteiger partial charge in [0.1, 0.15) is 4.99 Å². The number of hydrogen-bond donors (Lipinski definition) is 1. The first kappa shape index (κ1) is 12.0. The van der Waals surface area contributed by atoms with Crippen LogP contribution in [0.1, 0.15) is 45.8 Å². The Bertz CT molecular complexity index is 492. The zero-order chi connectivity index (χ0) is 12.6. The van der Waals surface area contributed by atoms with Crippen molar-refractivity contribution in [3.63, 3.8) is 0 Å². The van der Waals surface area contributed by atoms with E-state index in [1.165, 1.54) is 25.5 Å². The molecule has 0 unspecified atom stereocenters. The molecule has 0 bridgehead atoms.